The van der Waals surface area contributed by atoms with Gasteiger partial charge in [-0.3, -0.25) is 4.79 Å². The summed E-state index contributed by atoms with van der Waals surface area (Å²) in [7, 11) is 0. The van der Waals surface area contributed by atoms with Crippen LogP contribution in [0.15, 0.2) is 43.0 Å². The van der Waals surface area contributed by atoms with Gasteiger partial charge < -0.3 is 19.9 Å². The normalized spacial score (nSPS) is 14.7. The average molecular weight is 363 g/mol. The highest BCUT2D eigenvalue weighted by Gasteiger charge is 2.34. The molecule has 1 aromatic rings. The highest BCUT2D eigenvalue weighted by atomic mass is 16.6. The maximum atomic E-state index is 12.2. The monoisotopic (exact) mass is 363 g/mol. The first-order valence-corrected chi connectivity index (χ1v) is 8.68. The Morgan fingerprint density at radius 3 is 2.38 bits per heavy atom. The third kappa shape index (κ3) is 7.27. The maximum absolute atomic E-state index is 12.2. The van der Waals surface area contributed by atoms with Crippen LogP contribution in [0, 0.1) is 5.92 Å². The number of carbonyl (C=O) groups excluding carboxylic acids is 2. The second-order valence-corrected chi connectivity index (χ2v) is 6.95. The summed E-state index contributed by atoms with van der Waals surface area (Å²) in [6.07, 6.45) is -0.217. The van der Waals surface area contributed by atoms with Crippen molar-refractivity contribution in [2.45, 2.75) is 51.9 Å². The highest BCUT2D eigenvalue weighted by Crippen LogP contribution is 2.17. The van der Waals surface area contributed by atoms with Gasteiger partial charge in [0.25, 0.3) is 0 Å². The summed E-state index contributed by atoms with van der Waals surface area (Å²) in [4.78, 5) is 24.3. The molecule has 2 unspecified atom stereocenters. The Kier molecular flexibility index (Phi) is 8.32. The molecule has 3 atom stereocenters. The molecule has 1 rings (SSSR count). The van der Waals surface area contributed by atoms with E-state index in [-0.39, 0.29) is 6.61 Å². The van der Waals surface area contributed by atoms with Gasteiger partial charge in [-0.15, -0.1) is 6.58 Å². The molecule has 2 N–H and O–H groups in total. The fraction of sp³-hybridized carbons (Fsp3) is 0.500. The number of hydrogen-bond acceptors (Lipinski definition) is 5. The fourth-order valence-corrected chi connectivity index (χ4v) is 2.45. The molecule has 1 amide bonds. The van der Waals surface area contributed by atoms with E-state index in [1.165, 1.54) is 6.08 Å². The van der Waals surface area contributed by atoms with E-state index in [0.717, 1.165) is 5.56 Å². The van der Waals surface area contributed by atoms with E-state index in [2.05, 4.69) is 11.9 Å². The molecule has 0 bridgehead atoms. The zero-order chi connectivity index (χ0) is 19.7. The van der Waals surface area contributed by atoms with Crippen molar-refractivity contribution in [1.29, 1.82) is 0 Å². The van der Waals surface area contributed by atoms with Crippen LogP contribution in [-0.4, -0.2) is 41.5 Å². The minimum absolute atomic E-state index is 0.193. The van der Waals surface area contributed by atoms with E-state index < -0.39 is 35.7 Å². The lowest BCUT2D eigenvalue weighted by atomic mass is 9.91. The zero-order valence-electron chi connectivity index (χ0n) is 15.9. The minimum Gasteiger partial charge on any atom is -0.465 e. The van der Waals surface area contributed by atoms with Crippen LogP contribution in [-0.2, 0) is 20.7 Å². The third-order valence-electron chi connectivity index (χ3n) is 3.59. The molecule has 0 fully saturated rings. The summed E-state index contributed by atoms with van der Waals surface area (Å²) in [6, 6.07) is 8.61. The zero-order valence-corrected chi connectivity index (χ0v) is 15.9. The molecule has 0 aliphatic carbocycles. The molecule has 1 aromatic carbocycles. The average Bonchev–Trinajstić information content (AvgIpc) is 2.54. The van der Waals surface area contributed by atoms with Gasteiger partial charge in [0.15, 0.2) is 0 Å². The second-order valence-electron chi connectivity index (χ2n) is 6.95. The first-order valence-electron chi connectivity index (χ1n) is 8.68. The number of carbonyl (C=O) groups is 2. The van der Waals surface area contributed by atoms with E-state index in [1.54, 1.807) is 27.7 Å². The molecule has 0 aliphatic rings. The smallest absolute Gasteiger partial charge is 0.407 e. The lowest BCUT2D eigenvalue weighted by molar-refractivity contribution is -0.150. The molecule has 0 aliphatic heterocycles. The van der Waals surface area contributed by atoms with Crippen molar-refractivity contribution in [2.75, 3.05) is 6.61 Å². The predicted octanol–water partition coefficient (Wildman–Crippen LogP) is 2.85. The predicted molar refractivity (Wildman–Crippen MR) is 99.6 cm³/mol. The van der Waals surface area contributed by atoms with Crippen LogP contribution < -0.4 is 5.32 Å². The van der Waals surface area contributed by atoms with Gasteiger partial charge in [0.1, 0.15) is 11.5 Å². The molecule has 26 heavy (non-hydrogen) atoms. The van der Waals surface area contributed by atoms with Gasteiger partial charge in [-0.25, -0.2) is 4.79 Å². The number of esters is 1. The first kappa shape index (κ1) is 21.7. The van der Waals surface area contributed by atoms with Crippen LogP contribution in [0.5, 0.6) is 0 Å². The van der Waals surface area contributed by atoms with E-state index in [0.29, 0.717) is 6.42 Å². The van der Waals surface area contributed by atoms with Gasteiger partial charge in [-0.1, -0.05) is 36.4 Å². The van der Waals surface area contributed by atoms with E-state index >= 15 is 0 Å². The van der Waals surface area contributed by atoms with E-state index in [9.17, 15) is 14.7 Å². The second kappa shape index (κ2) is 9.97. The van der Waals surface area contributed by atoms with Crippen molar-refractivity contribution >= 4 is 12.1 Å². The van der Waals surface area contributed by atoms with Gasteiger partial charge in [-0.2, -0.15) is 0 Å². The number of nitrogens with one attached hydrogen (secondary N) is 1. The Labute approximate surface area is 155 Å². The Morgan fingerprint density at radius 1 is 1.27 bits per heavy atom. The van der Waals surface area contributed by atoms with Crippen LogP contribution >= 0.6 is 0 Å². The first-order chi connectivity index (χ1) is 12.2. The van der Waals surface area contributed by atoms with E-state index in [1.807, 2.05) is 30.3 Å². The number of alkyl carbamates (subject to hydrolysis) is 1. The molecule has 0 heterocycles. The number of benzene rings is 1. The Morgan fingerprint density at radius 2 is 1.88 bits per heavy atom. The SMILES string of the molecule is C=CC(C(=O)OCC)C(O)[C@H](Cc1ccccc1)NC(=O)OC(C)(C)C. The molecule has 0 saturated heterocycles. The van der Waals surface area contributed by atoms with Gasteiger partial charge in [0, 0.05) is 0 Å². The number of aliphatic hydroxyl groups is 1. The Bertz CT molecular complexity index is 594. The number of aliphatic hydroxyl groups excluding tert-OH is 1. The number of ether oxygens (including phenoxy) is 2. The summed E-state index contributed by atoms with van der Waals surface area (Å²) in [5, 5.41) is 13.4. The summed E-state index contributed by atoms with van der Waals surface area (Å²) in [6.45, 7) is 10.7. The molecule has 0 spiro atoms. The summed E-state index contributed by atoms with van der Waals surface area (Å²) in [5.41, 5.74) is 0.227. The van der Waals surface area contributed by atoms with Gasteiger partial charge >= 0.3 is 12.1 Å². The van der Waals surface area contributed by atoms with Crippen molar-refractivity contribution < 1.29 is 24.2 Å². The Hall–Kier alpha value is -2.34. The molecule has 0 saturated carbocycles. The van der Waals surface area contributed by atoms with Crippen molar-refractivity contribution in [3.05, 3.63) is 48.6 Å². The maximum Gasteiger partial charge on any atom is 0.407 e. The molecular weight excluding hydrogens is 334 g/mol. The topological polar surface area (TPSA) is 84.9 Å². The Balaban J connectivity index is 2.99. The van der Waals surface area contributed by atoms with Crippen molar-refractivity contribution in [3.8, 4) is 0 Å². The van der Waals surface area contributed by atoms with Crippen molar-refractivity contribution in [1.82, 2.24) is 5.32 Å². The molecule has 6 heteroatoms. The van der Waals surface area contributed by atoms with Crippen molar-refractivity contribution in [2.24, 2.45) is 5.92 Å². The number of rotatable bonds is 8. The summed E-state index contributed by atoms with van der Waals surface area (Å²) >= 11 is 0. The molecule has 0 aromatic heterocycles. The van der Waals surface area contributed by atoms with Gasteiger partial charge in [0.05, 0.1) is 18.8 Å². The van der Waals surface area contributed by atoms with Crippen LogP contribution in [0.2, 0.25) is 0 Å². The largest absolute Gasteiger partial charge is 0.465 e. The summed E-state index contributed by atoms with van der Waals surface area (Å²) in [5.74, 6) is -1.54. The molecule has 6 nitrogen and oxygen atoms in total. The quantitative estimate of drug-likeness (QED) is 0.548. The lowest BCUT2D eigenvalue weighted by Gasteiger charge is -2.29. The van der Waals surface area contributed by atoms with Crippen LogP contribution in [0.1, 0.15) is 33.3 Å². The van der Waals surface area contributed by atoms with Crippen LogP contribution in [0.3, 0.4) is 0 Å². The third-order valence-corrected chi connectivity index (χ3v) is 3.59. The van der Waals surface area contributed by atoms with Gasteiger partial charge in [0.2, 0.25) is 0 Å². The van der Waals surface area contributed by atoms with Gasteiger partial charge in [-0.05, 0) is 39.7 Å². The van der Waals surface area contributed by atoms with Crippen molar-refractivity contribution in [3.63, 3.8) is 0 Å². The van der Waals surface area contributed by atoms with E-state index in [4.69, 9.17) is 9.47 Å². The van der Waals surface area contributed by atoms with Crippen LogP contribution in [0.25, 0.3) is 0 Å². The lowest BCUT2D eigenvalue weighted by Crippen LogP contribution is -2.50. The van der Waals surface area contributed by atoms with Crippen LogP contribution in [0.4, 0.5) is 4.79 Å². The number of hydrogen-bond donors (Lipinski definition) is 2. The molecule has 0 radical (unpaired) electrons. The summed E-state index contributed by atoms with van der Waals surface area (Å²) < 4.78 is 10.3. The molecular formula is C20H29NO5. The standard InChI is InChI=1S/C20H29NO5/c1-6-15(18(23)25-7-2)17(22)16(13-14-11-9-8-10-12-14)21-19(24)26-20(3,4)5/h6,8-12,15-17,22H,1,7,13H2,2-5H3,(H,21,24)/t15?,16-,17?/m0/s1. The fourth-order valence-electron chi connectivity index (χ4n) is 2.45. The highest BCUT2D eigenvalue weighted by molar-refractivity contribution is 5.75. The number of amides is 1. The minimum atomic E-state index is -1.21. The molecule has 144 valence electrons.